The van der Waals surface area contributed by atoms with E-state index in [1.54, 1.807) is 55.6 Å². The third-order valence-electron chi connectivity index (χ3n) is 6.33. The topological polar surface area (TPSA) is 48.3 Å². The van der Waals surface area contributed by atoms with Crippen LogP contribution in [0.2, 0.25) is 0 Å². The van der Waals surface area contributed by atoms with Crippen LogP contribution in [0.1, 0.15) is 28.2 Å². The van der Waals surface area contributed by atoms with Gasteiger partial charge in [0.2, 0.25) is 0 Å². The number of aromatic nitrogens is 1. The predicted octanol–water partition coefficient (Wildman–Crippen LogP) is 6.01. The van der Waals surface area contributed by atoms with E-state index in [0.29, 0.717) is 32.7 Å². The maximum atomic E-state index is 13.8. The number of nitrogens with zero attached hydrogens (tertiary/aromatic N) is 1. The fourth-order valence-electron chi connectivity index (χ4n) is 4.81. The van der Waals surface area contributed by atoms with Crippen LogP contribution in [0.3, 0.4) is 0 Å². The van der Waals surface area contributed by atoms with Crippen LogP contribution in [-0.2, 0) is 16.4 Å². The Kier molecular flexibility index (Phi) is 4.83. The summed E-state index contributed by atoms with van der Waals surface area (Å²) < 4.78 is 72.9. The number of hydrogen-bond acceptors (Lipinski definition) is 3. The van der Waals surface area contributed by atoms with Gasteiger partial charge in [0.15, 0.2) is 0 Å². The van der Waals surface area contributed by atoms with Crippen molar-refractivity contribution in [1.82, 2.24) is 3.97 Å². The number of halogens is 3. The fraction of sp³-hybridized carbons (Fsp3) is 0.200. The van der Waals surface area contributed by atoms with Gasteiger partial charge >= 0.3 is 15.5 Å². The summed E-state index contributed by atoms with van der Waals surface area (Å²) in [5.74, 6) is 0.366. The number of aryl methyl sites for hydroxylation is 1. The molecular formula is C25H20F3NO3S. The molecule has 33 heavy (non-hydrogen) atoms. The maximum absolute atomic E-state index is 13.8. The molecule has 4 nitrogen and oxygen atoms in total. The van der Waals surface area contributed by atoms with Crippen LogP contribution < -0.4 is 4.74 Å². The lowest BCUT2D eigenvalue weighted by molar-refractivity contribution is -0.0444. The lowest BCUT2D eigenvalue weighted by Crippen LogP contribution is -2.30. The first kappa shape index (κ1) is 21.6. The fourth-order valence-corrected chi connectivity index (χ4v) is 5.87. The second-order valence-electron chi connectivity index (χ2n) is 8.13. The number of alkyl halides is 3. The van der Waals surface area contributed by atoms with Gasteiger partial charge in [-0.05, 0) is 59.4 Å². The SMILES string of the molecule is COc1ccc(C2Cc3c(C)ccc4c3c2c(-c2ccccc2)n4S(=O)(=O)C(F)(F)F)cc1. The van der Waals surface area contributed by atoms with Crippen molar-refractivity contribution in [3.8, 4) is 17.0 Å². The molecule has 8 heteroatoms. The molecule has 0 amide bonds. The van der Waals surface area contributed by atoms with Crippen LogP contribution in [0.4, 0.5) is 13.2 Å². The van der Waals surface area contributed by atoms with Crippen LogP contribution in [-0.4, -0.2) is 25.0 Å². The van der Waals surface area contributed by atoms with E-state index in [9.17, 15) is 21.6 Å². The Bertz CT molecular complexity index is 1470. The van der Waals surface area contributed by atoms with Crippen LogP contribution in [0.5, 0.6) is 5.75 Å². The Morgan fingerprint density at radius 3 is 2.24 bits per heavy atom. The van der Waals surface area contributed by atoms with Crippen LogP contribution in [0.15, 0.2) is 66.7 Å². The van der Waals surface area contributed by atoms with E-state index in [4.69, 9.17) is 4.74 Å². The van der Waals surface area contributed by atoms with Crippen LogP contribution >= 0.6 is 0 Å². The van der Waals surface area contributed by atoms with Crippen molar-refractivity contribution in [3.05, 3.63) is 89.0 Å². The molecule has 170 valence electrons. The molecule has 0 saturated heterocycles. The normalized spacial score (nSPS) is 15.8. The summed E-state index contributed by atoms with van der Waals surface area (Å²) in [7, 11) is -4.12. The number of methoxy groups -OCH3 is 1. The minimum atomic E-state index is -5.68. The third kappa shape index (κ3) is 3.15. The summed E-state index contributed by atoms with van der Waals surface area (Å²) in [6.07, 6.45) is 0.576. The predicted molar refractivity (Wildman–Crippen MR) is 121 cm³/mol. The average Bonchev–Trinajstić information content (AvgIpc) is 3.35. The molecule has 1 heterocycles. The molecule has 1 aromatic heterocycles. The maximum Gasteiger partial charge on any atom is 0.517 e. The lowest BCUT2D eigenvalue weighted by Gasteiger charge is -2.19. The molecule has 1 atom stereocenters. The summed E-state index contributed by atoms with van der Waals surface area (Å²) in [4.78, 5) is 0. The van der Waals surface area contributed by atoms with E-state index in [2.05, 4.69) is 0 Å². The van der Waals surface area contributed by atoms with Gasteiger partial charge in [0.1, 0.15) is 5.75 Å². The van der Waals surface area contributed by atoms with E-state index in [-0.39, 0.29) is 17.1 Å². The summed E-state index contributed by atoms with van der Waals surface area (Å²) in [6, 6.07) is 18.9. The highest BCUT2D eigenvalue weighted by molar-refractivity contribution is 7.91. The van der Waals surface area contributed by atoms with Crippen molar-refractivity contribution in [2.24, 2.45) is 0 Å². The quantitative estimate of drug-likeness (QED) is 0.366. The van der Waals surface area contributed by atoms with Crippen molar-refractivity contribution < 1.29 is 26.3 Å². The number of ether oxygens (including phenoxy) is 1. The molecule has 1 aliphatic rings. The van der Waals surface area contributed by atoms with Crippen molar-refractivity contribution in [2.75, 3.05) is 7.11 Å². The minimum absolute atomic E-state index is 0.0535. The summed E-state index contributed by atoms with van der Waals surface area (Å²) in [6.45, 7) is 1.90. The van der Waals surface area contributed by atoms with Crippen molar-refractivity contribution in [2.45, 2.75) is 24.8 Å². The first-order valence-electron chi connectivity index (χ1n) is 10.3. The van der Waals surface area contributed by atoms with E-state index < -0.39 is 15.5 Å². The van der Waals surface area contributed by atoms with E-state index >= 15 is 0 Å². The van der Waals surface area contributed by atoms with Crippen molar-refractivity contribution >= 4 is 20.9 Å². The Hall–Kier alpha value is -3.26. The zero-order valence-corrected chi connectivity index (χ0v) is 18.7. The highest BCUT2D eigenvalue weighted by Crippen LogP contribution is 2.51. The number of hydrogen-bond donors (Lipinski definition) is 0. The lowest BCUT2D eigenvalue weighted by atomic mass is 9.90. The van der Waals surface area contributed by atoms with E-state index in [1.165, 1.54) is 6.07 Å². The van der Waals surface area contributed by atoms with Crippen LogP contribution in [0, 0.1) is 6.92 Å². The Morgan fingerprint density at radius 1 is 0.970 bits per heavy atom. The van der Waals surface area contributed by atoms with Crippen molar-refractivity contribution in [3.63, 3.8) is 0 Å². The Balaban J connectivity index is 1.91. The van der Waals surface area contributed by atoms with Gasteiger partial charge in [0.25, 0.3) is 0 Å². The van der Waals surface area contributed by atoms with Gasteiger partial charge < -0.3 is 4.74 Å². The highest BCUT2D eigenvalue weighted by Gasteiger charge is 2.50. The van der Waals surface area contributed by atoms with Gasteiger partial charge in [-0.3, -0.25) is 0 Å². The monoisotopic (exact) mass is 471 g/mol. The average molecular weight is 472 g/mol. The molecule has 0 bridgehead atoms. The summed E-state index contributed by atoms with van der Waals surface area (Å²) in [5, 5.41) is 0.586. The molecule has 0 saturated carbocycles. The molecule has 5 rings (SSSR count). The second kappa shape index (κ2) is 7.38. The molecule has 0 N–H and O–H groups in total. The highest BCUT2D eigenvalue weighted by atomic mass is 32.2. The van der Waals surface area contributed by atoms with Gasteiger partial charge in [0, 0.05) is 11.3 Å². The molecule has 0 fully saturated rings. The standard InChI is InChI=1S/C25H20F3NO3S/c1-15-8-13-21-22-19(15)14-20(16-9-11-18(32-2)12-10-16)23(22)24(17-6-4-3-5-7-17)29(21)33(30,31)25(26,27)28/h3-13,20H,14H2,1-2H3. The first-order chi connectivity index (χ1) is 15.6. The molecule has 4 aromatic rings. The largest absolute Gasteiger partial charge is 0.517 e. The molecular weight excluding hydrogens is 451 g/mol. The van der Waals surface area contributed by atoms with Gasteiger partial charge in [-0.25, -0.2) is 3.97 Å². The first-order valence-corrected chi connectivity index (χ1v) is 11.8. The van der Waals surface area contributed by atoms with Gasteiger partial charge in [-0.2, -0.15) is 21.6 Å². The third-order valence-corrected chi connectivity index (χ3v) is 7.77. The zero-order chi connectivity index (χ0) is 23.5. The second-order valence-corrected chi connectivity index (χ2v) is 9.91. The van der Waals surface area contributed by atoms with Gasteiger partial charge in [-0.15, -0.1) is 0 Å². The van der Waals surface area contributed by atoms with E-state index in [1.807, 2.05) is 19.1 Å². The molecule has 0 spiro atoms. The Morgan fingerprint density at radius 2 is 1.64 bits per heavy atom. The molecule has 3 aromatic carbocycles. The van der Waals surface area contributed by atoms with Gasteiger partial charge in [-0.1, -0.05) is 48.5 Å². The molecule has 0 aliphatic heterocycles. The smallest absolute Gasteiger partial charge is 0.497 e. The Labute approximate surface area is 189 Å². The van der Waals surface area contributed by atoms with Crippen LogP contribution in [0.25, 0.3) is 22.2 Å². The molecule has 1 aliphatic carbocycles. The van der Waals surface area contributed by atoms with E-state index in [0.717, 1.165) is 16.7 Å². The number of rotatable bonds is 4. The summed E-state index contributed by atoms with van der Waals surface area (Å²) >= 11 is 0. The minimum Gasteiger partial charge on any atom is -0.497 e. The number of benzene rings is 3. The van der Waals surface area contributed by atoms with Gasteiger partial charge in [0.05, 0.1) is 18.3 Å². The molecule has 0 radical (unpaired) electrons. The molecule has 1 unspecified atom stereocenters. The van der Waals surface area contributed by atoms with Crippen molar-refractivity contribution in [1.29, 1.82) is 0 Å². The summed E-state index contributed by atoms with van der Waals surface area (Å²) in [5.41, 5.74) is -1.64. The zero-order valence-electron chi connectivity index (χ0n) is 17.8.